The number of hydrogen-bond donors (Lipinski definition) is 16. The minimum absolute atomic E-state index is 0.0541. The number of phenolic OH excluding ortho intramolecular Hbond substituents is 1. The number of hydrogen-bond acceptors (Lipinski definition) is 29. The first-order valence-electron chi connectivity index (χ1n) is 38.9. The molecule has 0 spiro atoms. The van der Waals surface area contributed by atoms with Gasteiger partial charge in [-0.3, -0.25) is 48.5 Å². The minimum atomic E-state index is -1.27. The zero-order valence-electron chi connectivity index (χ0n) is 75.2. The summed E-state index contributed by atoms with van der Waals surface area (Å²) in [4.78, 5) is 204. The molecule has 0 bridgehead atoms. The number of nitro groups is 1. The molecule has 10 rings (SSSR count). The third-order valence-electron chi connectivity index (χ3n) is 16.1. The van der Waals surface area contributed by atoms with Gasteiger partial charge >= 0.3 is 65.7 Å². The molecule has 17 N–H and O–H groups in total. The molecule has 138 heavy (non-hydrogen) atoms. The number of nitro benzene ring substituents is 1. The van der Waals surface area contributed by atoms with Crippen LogP contribution in [0.2, 0.25) is 10.0 Å². The summed E-state index contributed by atoms with van der Waals surface area (Å²) in [6.45, 7) is 16.4. The molecule has 0 saturated carbocycles. The van der Waals surface area contributed by atoms with E-state index in [0.29, 0.717) is 45.7 Å². The number of rotatable bonds is 23. The lowest BCUT2D eigenvalue weighted by Gasteiger charge is -2.08. The van der Waals surface area contributed by atoms with E-state index in [4.69, 9.17) is 84.0 Å². The Morgan fingerprint density at radius 1 is 0.399 bits per heavy atom. The van der Waals surface area contributed by atoms with Crippen molar-refractivity contribution in [2.75, 3.05) is 60.3 Å². The van der Waals surface area contributed by atoms with Gasteiger partial charge in [0.15, 0.2) is 11.6 Å². The number of phenols is 3. The van der Waals surface area contributed by atoms with Crippen LogP contribution in [-0.4, -0.2) is 191 Å². The number of ketones is 2. The van der Waals surface area contributed by atoms with Crippen LogP contribution in [0, 0.1) is 10.1 Å². The number of halogens is 2. The van der Waals surface area contributed by atoms with Gasteiger partial charge in [-0.2, -0.15) is 0 Å². The van der Waals surface area contributed by atoms with E-state index in [1.165, 1.54) is 192 Å². The van der Waals surface area contributed by atoms with Crippen LogP contribution >= 0.6 is 23.2 Å². The van der Waals surface area contributed by atoms with Gasteiger partial charge in [0, 0.05) is 105 Å². The van der Waals surface area contributed by atoms with Crippen molar-refractivity contribution in [1.29, 1.82) is 0 Å². The number of Topliss-reactive ketones (excluding diaryl/α,β-unsaturated/α-hetero) is 2. The zero-order valence-corrected chi connectivity index (χ0v) is 76.7. The summed E-state index contributed by atoms with van der Waals surface area (Å²) in [6, 6.07) is 47.4. The first kappa shape index (κ1) is 118. The number of ether oxygens (including phenoxy) is 5. The summed E-state index contributed by atoms with van der Waals surface area (Å²) in [5.74, 6) is -12.3. The molecule has 0 unspecified atom stereocenters. The first-order chi connectivity index (χ1) is 64.7. The molecule has 10 aromatic carbocycles. The molecule has 0 aromatic heterocycles. The van der Waals surface area contributed by atoms with E-state index < -0.39 is 70.5 Å². The number of carboxylic acids is 7. The first-order valence-corrected chi connectivity index (χ1v) is 39.7. The van der Waals surface area contributed by atoms with Crippen LogP contribution in [0.25, 0.3) is 0 Å². The van der Waals surface area contributed by atoms with Gasteiger partial charge in [-0.05, 0) is 166 Å². The second-order valence-corrected chi connectivity index (χ2v) is 27.6. The predicted octanol–water partition coefficient (Wildman–Crippen LogP) is 15.3. The number of carbonyl (C=O) groups is 18. The number of carboxylic acid groups (broad SMARTS) is 7. The van der Waals surface area contributed by atoms with Crippen LogP contribution in [0.4, 0.5) is 39.8 Å². The Bertz CT molecular complexity index is 6110. The van der Waals surface area contributed by atoms with E-state index >= 15 is 0 Å². The van der Waals surface area contributed by atoms with E-state index in [9.17, 15) is 107 Å². The number of allylic oxidation sites excluding steroid dienone is 1. The van der Waals surface area contributed by atoms with E-state index in [1.807, 2.05) is 18.2 Å². The molecule has 0 saturated heterocycles. The number of methoxy groups -OCH3 is 3. The van der Waals surface area contributed by atoms with Gasteiger partial charge in [-0.15, -0.1) is 6.58 Å². The summed E-state index contributed by atoms with van der Waals surface area (Å²) >= 11 is 11.5. The maximum absolute atomic E-state index is 11.3. The molecule has 0 radical (unpaired) electrons. The fourth-order valence-electron chi connectivity index (χ4n) is 10.0. The van der Waals surface area contributed by atoms with Gasteiger partial charge in [-0.25, -0.2) is 47.9 Å². The van der Waals surface area contributed by atoms with Crippen LogP contribution in [0.1, 0.15) is 192 Å². The third-order valence-corrected chi connectivity index (χ3v) is 16.6. The number of esters is 4. The highest BCUT2D eigenvalue weighted by molar-refractivity contribution is 6.34. The Hall–Kier alpha value is -18.2. The van der Waals surface area contributed by atoms with Crippen LogP contribution in [0.15, 0.2) is 213 Å². The van der Waals surface area contributed by atoms with E-state index in [0.717, 1.165) is 36.2 Å². The summed E-state index contributed by atoms with van der Waals surface area (Å²) in [5.41, 5.74) is 9.24. The van der Waals surface area contributed by atoms with Gasteiger partial charge in [0.2, 0.25) is 29.5 Å². The lowest BCUT2D eigenvalue weighted by molar-refractivity contribution is -0.384. The van der Waals surface area contributed by atoms with Crippen molar-refractivity contribution < 1.29 is 166 Å². The molecular formula is C94H93Cl2N7O35. The summed E-state index contributed by atoms with van der Waals surface area (Å²) in [7, 11) is 3.83. The number of non-ortho nitro benzene ring substituents is 1. The number of carbonyl (C=O) groups excluding carboxylic acids is 11. The summed E-state index contributed by atoms with van der Waals surface area (Å²) in [6.07, 6.45) is 2.66. The van der Waals surface area contributed by atoms with Crippen LogP contribution in [0.5, 0.6) is 28.7 Å². The summed E-state index contributed by atoms with van der Waals surface area (Å²) < 4.78 is 23.5. The zero-order chi connectivity index (χ0) is 105. The number of aromatic hydroxyl groups is 3. The maximum atomic E-state index is 11.3. The molecule has 0 heterocycles. The molecule has 0 fully saturated rings. The van der Waals surface area contributed by atoms with Crippen LogP contribution in [0.3, 0.4) is 0 Å². The molecule has 0 aliphatic rings. The highest BCUT2D eigenvalue weighted by Gasteiger charge is 2.21. The number of nitrogens with two attached hydrogens (primary N) is 1. The fraction of sp³-hybridized carbons (Fsp3) is 0.149. The lowest BCUT2D eigenvalue weighted by atomic mass is 10.1. The Morgan fingerprint density at radius 3 is 1.30 bits per heavy atom. The number of nitrogens with zero attached hydrogens (tertiary/aromatic N) is 1. The molecular weight excluding hydrogens is 1860 g/mol. The van der Waals surface area contributed by atoms with Crippen molar-refractivity contribution >= 4 is 170 Å². The number of nitrogens with one attached hydrogen (secondary N) is 5. The molecule has 0 aliphatic carbocycles. The van der Waals surface area contributed by atoms with Crippen LogP contribution < -0.4 is 41.8 Å². The third kappa shape index (κ3) is 43.7. The number of nitrogen functional groups attached to an aromatic ring is 1. The van der Waals surface area contributed by atoms with Gasteiger partial charge in [0.25, 0.3) is 5.69 Å². The topological polar surface area (TPSA) is 685 Å². The molecule has 0 atom stereocenters. The number of aromatic carboxylic acids is 7. The Morgan fingerprint density at radius 2 is 0.870 bits per heavy atom. The predicted molar refractivity (Wildman–Crippen MR) is 501 cm³/mol. The largest absolute Gasteiger partial charge is 0.507 e. The van der Waals surface area contributed by atoms with Crippen molar-refractivity contribution in [3.63, 3.8) is 0 Å². The van der Waals surface area contributed by atoms with E-state index in [-0.39, 0.29) is 147 Å². The monoisotopic (exact) mass is 1950 g/mol. The normalized spacial score (nSPS) is 9.49. The Balaban J connectivity index is 0.000000768. The smallest absolute Gasteiger partial charge is 0.341 e. The molecule has 5 amide bonds. The van der Waals surface area contributed by atoms with E-state index in [2.05, 4.69) is 42.6 Å². The molecule has 10 aromatic rings. The number of amides is 5. The van der Waals surface area contributed by atoms with Crippen LogP contribution in [-0.2, 0) is 49.4 Å². The summed E-state index contributed by atoms with van der Waals surface area (Å²) in [5, 5.41) is 111. The quantitative estimate of drug-likeness (QED) is 0.00413. The van der Waals surface area contributed by atoms with Gasteiger partial charge in [0.05, 0.1) is 88.3 Å². The molecule has 42 nitrogen and oxygen atoms in total. The molecule has 44 heteroatoms. The van der Waals surface area contributed by atoms with Crippen molar-refractivity contribution in [3.05, 3.63) is 305 Å². The van der Waals surface area contributed by atoms with Crippen molar-refractivity contribution in [3.8, 4) is 28.7 Å². The SMILES string of the molecule is C=CCc1ccc(C(=O)OCC)cc1.CC(=O)Nc1cc([N+](=O)[O-])ccc1C(=O)O.CC(=O)Nc1ccc(C(=O)O)c(O)c1.CC(=O)Oc1ccc(C(=O)O)cc1.CC(=O)c1ccc(O)c(C(=O)O)c1.CC(=O)c1ccccc1C(=O)O.COC(=O)c1cc(Cl)c(NC(C)=O)cc1O.COC(=O)c1cc(Cl)ccc1NC(C)=O.COc1cc(NC(C)=O)ccc1C(=O)O.Nc1cccc(C(=O)O)c1. The highest BCUT2D eigenvalue weighted by atomic mass is 35.5. The number of anilines is 6. The van der Waals surface area contributed by atoms with E-state index in [1.54, 1.807) is 55.5 Å². The Kier molecular flexibility index (Phi) is 51.2. The highest BCUT2D eigenvalue weighted by Crippen LogP contribution is 2.32. The van der Waals surface area contributed by atoms with Gasteiger partial charge in [0.1, 0.15) is 51.0 Å². The van der Waals surface area contributed by atoms with Crippen molar-refractivity contribution in [1.82, 2.24) is 0 Å². The molecule has 0 aliphatic heterocycles. The second-order valence-electron chi connectivity index (χ2n) is 26.7. The van der Waals surface area contributed by atoms with Crippen molar-refractivity contribution in [2.24, 2.45) is 0 Å². The fourth-order valence-corrected chi connectivity index (χ4v) is 10.4. The number of benzene rings is 10. The average Bonchev–Trinajstić information content (AvgIpc) is 0.811. The maximum Gasteiger partial charge on any atom is 0.341 e. The van der Waals surface area contributed by atoms with Crippen molar-refractivity contribution in [2.45, 2.75) is 68.7 Å². The second kappa shape index (κ2) is 60.0. The average molecular weight is 1950 g/mol. The standard InChI is InChI=1S/C12H14O2.C10H10ClNO4.C10H10ClNO3.C10H11NO4.C9H8N2O5.C9H9NO4.2C9H8O4.C9H8O3.C7H7NO2/c1-3-5-10-6-8-11(9-7-10)12(13)14-4-2;1-5(13)12-8-4-9(14)6(3-7(8)11)10(15)16-2;1-6(13)12-9-4-3-7(11)5-8(9)10(14)15-2;1-6(12)11-7-3-4-8(10(13)14)9(5-7)15-2;1-5(12)10-8-4-6(11(15)16)2-3-7(8)9(13)14;1-5(11)10-6-2-3-7(9(13)14)8(12)4-6;1-6(10)13-8-4-2-7(3-5-8)9(11)12;1-5(10)6-2-3-8(11)7(4-6)9(12)13;1-6(10)7-4-2-3-5-8(7)9(11)12;8-6-3-1-2-5(4-6)7(9)10/h3,6-9H,1,4-5H2,2H3;3-4,14H,1-2H3,(H,12,13);3-5H,1-2H3,(H,12,13);3-5H,1-2H3,(H,11,12)(H,13,14);2-4H,1H3,(H,10,12)(H,13,14);2-4,12H,1H3,(H,10,11)(H,13,14);2-5H,1H3,(H,11,12);2-4,11H,1H3,(H,12,13);2-5H,1H3,(H,11,12);1-4H,8H2,(H,9,10). The minimum Gasteiger partial charge on any atom is -0.507 e. The Labute approximate surface area is 794 Å². The van der Waals surface area contributed by atoms with Gasteiger partial charge < -0.3 is 107 Å². The lowest BCUT2D eigenvalue weighted by Crippen LogP contribution is -2.11. The van der Waals surface area contributed by atoms with Gasteiger partial charge in [-0.1, -0.05) is 65.7 Å². The molecule has 728 valence electrons.